The predicted molar refractivity (Wildman–Crippen MR) is 99.4 cm³/mol. The Morgan fingerprint density at radius 3 is 2.15 bits per heavy atom. The average molecular weight is 399 g/mol. The van der Waals surface area contributed by atoms with Crippen LogP contribution in [0.25, 0.3) is 0 Å². The minimum atomic E-state index is -3.98. The first-order valence-corrected chi connectivity index (χ1v) is 9.66. The Labute approximate surface area is 158 Å². The van der Waals surface area contributed by atoms with E-state index in [1.54, 1.807) is 20.8 Å². The Morgan fingerprint density at radius 2 is 1.67 bits per heavy atom. The molecule has 0 radical (unpaired) electrons. The van der Waals surface area contributed by atoms with E-state index >= 15 is 0 Å². The number of ether oxygens (including phenoxy) is 1. The third kappa shape index (κ3) is 8.18. The fourth-order valence-corrected chi connectivity index (χ4v) is 3.18. The molecule has 3 N–H and O–H groups in total. The number of esters is 1. The Kier molecular flexibility index (Phi) is 7.49. The molecule has 0 heterocycles. The number of amides is 2. The summed E-state index contributed by atoms with van der Waals surface area (Å²) in [5.41, 5.74) is -0.0288. The van der Waals surface area contributed by atoms with Gasteiger partial charge in [-0.05, 0) is 52.0 Å². The van der Waals surface area contributed by atoms with Crippen LogP contribution in [0.2, 0.25) is 0 Å². The number of rotatable bonds is 7. The maximum Gasteiger partial charge on any atom is 0.324 e. The smallest absolute Gasteiger partial charge is 0.324 e. The number of hydrogen-bond donors (Lipinski definition) is 3. The number of carbonyl (C=O) groups is 3. The molecular weight excluding hydrogens is 374 g/mol. The van der Waals surface area contributed by atoms with Crippen LogP contribution in [0.15, 0.2) is 29.2 Å². The van der Waals surface area contributed by atoms with Crippen LogP contribution in [-0.2, 0) is 29.1 Å². The first-order chi connectivity index (χ1) is 12.3. The van der Waals surface area contributed by atoms with Gasteiger partial charge in [-0.1, -0.05) is 0 Å². The number of nitrogens with one attached hydrogen (secondary N) is 3. The highest BCUT2D eigenvalue weighted by atomic mass is 32.2. The Morgan fingerprint density at radius 1 is 1.11 bits per heavy atom. The standard InChI is InChI=1S/C17H25N3O6S/c1-11(16(23)26-10-15(22)19-17(3,4)5)20-27(24,25)14-8-6-13(7-9-14)18-12(2)21/h6-9,11,20H,10H2,1-5H3,(H,18,21)(H,19,22)/t11-/m0/s1. The minimum Gasteiger partial charge on any atom is -0.454 e. The lowest BCUT2D eigenvalue weighted by Crippen LogP contribution is -2.44. The fraction of sp³-hybridized carbons (Fsp3) is 0.471. The van der Waals surface area contributed by atoms with Crippen molar-refractivity contribution in [3.63, 3.8) is 0 Å². The second-order valence-electron chi connectivity index (χ2n) is 6.95. The van der Waals surface area contributed by atoms with Gasteiger partial charge in [-0.25, -0.2) is 8.42 Å². The Bertz CT molecular complexity index is 797. The second kappa shape index (κ2) is 8.96. The van der Waals surface area contributed by atoms with E-state index in [1.807, 2.05) is 0 Å². The normalized spacial score (nSPS) is 12.8. The minimum absolute atomic E-state index is 0.0817. The van der Waals surface area contributed by atoms with Gasteiger partial charge in [0.25, 0.3) is 5.91 Å². The molecule has 0 saturated heterocycles. The summed E-state index contributed by atoms with van der Waals surface area (Å²) in [6.45, 7) is 7.48. The summed E-state index contributed by atoms with van der Waals surface area (Å²) >= 11 is 0. The van der Waals surface area contributed by atoms with E-state index in [4.69, 9.17) is 4.74 Å². The zero-order valence-electron chi connectivity index (χ0n) is 16.0. The third-order valence-electron chi connectivity index (χ3n) is 3.03. The van der Waals surface area contributed by atoms with Gasteiger partial charge in [0.15, 0.2) is 6.61 Å². The maximum absolute atomic E-state index is 12.3. The van der Waals surface area contributed by atoms with Crippen LogP contribution in [0.3, 0.4) is 0 Å². The first-order valence-electron chi connectivity index (χ1n) is 8.18. The van der Waals surface area contributed by atoms with Gasteiger partial charge in [-0.3, -0.25) is 14.4 Å². The number of benzene rings is 1. The molecule has 0 bridgehead atoms. The molecule has 0 unspecified atom stereocenters. The van der Waals surface area contributed by atoms with Gasteiger partial charge < -0.3 is 15.4 Å². The highest BCUT2D eigenvalue weighted by Gasteiger charge is 2.24. The number of hydrogen-bond acceptors (Lipinski definition) is 6. The summed E-state index contributed by atoms with van der Waals surface area (Å²) in [5.74, 6) is -1.65. The van der Waals surface area contributed by atoms with E-state index in [9.17, 15) is 22.8 Å². The molecule has 1 aromatic rings. The monoisotopic (exact) mass is 399 g/mol. The third-order valence-corrected chi connectivity index (χ3v) is 4.59. The molecule has 0 aliphatic heterocycles. The molecule has 1 atom stereocenters. The summed E-state index contributed by atoms with van der Waals surface area (Å²) in [6.07, 6.45) is 0. The molecule has 27 heavy (non-hydrogen) atoms. The van der Waals surface area contributed by atoms with Crippen molar-refractivity contribution in [1.82, 2.24) is 10.0 Å². The van der Waals surface area contributed by atoms with Crippen LogP contribution < -0.4 is 15.4 Å². The molecule has 0 aliphatic rings. The fourth-order valence-electron chi connectivity index (χ4n) is 1.99. The average Bonchev–Trinajstić information content (AvgIpc) is 2.50. The van der Waals surface area contributed by atoms with Crippen LogP contribution in [0.5, 0.6) is 0 Å². The molecule has 10 heteroatoms. The van der Waals surface area contributed by atoms with Crippen molar-refractivity contribution in [2.75, 3.05) is 11.9 Å². The van der Waals surface area contributed by atoms with Crippen LogP contribution in [0.4, 0.5) is 5.69 Å². The predicted octanol–water partition coefficient (Wildman–Crippen LogP) is 0.770. The summed E-state index contributed by atoms with van der Waals surface area (Å²) in [5, 5.41) is 5.14. The highest BCUT2D eigenvalue weighted by molar-refractivity contribution is 7.89. The molecule has 0 fully saturated rings. The van der Waals surface area contributed by atoms with E-state index in [-0.39, 0.29) is 10.8 Å². The van der Waals surface area contributed by atoms with E-state index in [1.165, 1.54) is 38.1 Å². The molecule has 2 amide bonds. The molecule has 0 aliphatic carbocycles. The lowest BCUT2D eigenvalue weighted by atomic mass is 10.1. The molecule has 9 nitrogen and oxygen atoms in total. The van der Waals surface area contributed by atoms with Crippen molar-refractivity contribution in [2.24, 2.45) is 0 Å². The zero-order valence-corrected chi connectivity index (χ0v) is 16.8. The molecule has 0 saturated carbocycles. The largest absolute Gasteiger partial charge is 0.454 e. The summed E-state index contributed by atoms with van der Waals surface area (Å²) in [7, 11) is -3.98. The SMILES string of the molecule is CC(=O)Nc1ccc(S(=O)(=O)N[C@@H](C)C(=O)OCC(=O)NC(C)(C)C)cc1. The lowest BCUT2D eigenvalue weighted by Gasteiger charge is -2.20. The van der Waals surface area contributed by atoms with Crippen molar-refractivity contribution in [3.8, 4) is 0 Å². The molecule has 1 rings (SSSR count). The molecular formula is C17H25N3O6S. The van der Waals surface area contributed by atoms with Crippen molar-refractivity contribution < 1.29 is 27.5 Å². The van der Waals surface area contributed by atoms with Gasteiger partial charge in [0.1, 0.15) is 6.04 Å². The van der Waals surface area contributed by atoms with E-state index < -0.39 is 40.1 Å². The van der Waals surface area contributed by atoms with E-state index in [2.05, 4.69) is 15.4 Å². The van der Waals surface area contributed by atoms with Gasteiger partial charge in [-0.15, -0.1) is 0 Å². The molecule has 0 aromatic heterocycles. The van der Waals surface area contributed by atoms with Crippen molar-refractivity contribution in [1.29, 1.82) is 0 Å². The van der Waals surface area contributed by atoms with Crippen LogP contribution in [0.1, 0.15) is 34.6 Å². The topological polar surface area (TPSA) is 131 Å². The van der Waals surface area contributed by atoms with Gasteiger partial charge in [0.05, 0.1) is 4.90 Å². The summed E-state index contributed by atoms with van der Waals surface area (Å²) in [6, 6.07) is 4.25. The molecule has 0 spiro atoms. The van der Waals surface area contributed by atoms with Crippen LogP contribution >= 0.6 is 0 Å². The van der Waals surface area contributed by atoms with Gasteiger partial charge in [0, 0.05) is 18.2 Å². The maximum atomic E-state index is 12.3. The highest BCUT2D eigenvalue weighted by Crippen LogP contribution is 2.14. The quantitative estimate of drug-likeness (QED) is 0.581. The summed E-state index contributed by atoms with van der Waals surface area (Å²) in [4.78, 5) is 34.5. The number of anilines is 1. The number of sulfonamides is 1. The Balaban J connectivity index is 2.65. The second-order valence-corrected chi connectivity index (χ2v) is 8.67. The van der Waals surface area contributed by atoms with E-state index in [0.29, 0.717) is 5.69 Å². The van der Waals surface area contributed by atoms with Crippen molar-refractivity contribution >= 4 is 33.5 Å². The molecule has 1 aromatic carbocycles. The van der Waals surface area contributed by atoms with E-state index in [0.717, 1.165) is 0 Å². The zero-order chi connectivity index (χ0) is 20.8. The first kappa shape index (κ1) is 22.6. The van der Waals surface area contributed by atoms with Crippen LogP contribution in [0, 0.1) is 0 Å². The van der Waals surface area contributed by atoms with Gasteiger partial charge >= 0.3 is 5.97 Å². The number of carbonyl (C=O) groups excluding carboxylic acids is 3. The molecule has 150 valence electrons. The lowest BCUT2D eigenvalue weighted by molar-refractivity contribution is -0.150. The summed E-state index contributed by atoms with van der Waals surface area (Å²) < 4.78 is 31.7. The van der Waals surface area contributed by atoms with Gasteiger partial charge in [-0.2, -0.15) is 4.72 Å². The van der Waals surface area contributed by atoms with Crippen molar-refractivity contribution in [2.45, 2.75) is 51.1 Å². The van der Waals surface area contributed by atoms with Crippen LogP contribution in [-0.4, -0.2) is 44.4 Å². The Hall–Kier alpha value is -2.46. The van der Waals surface area contributed by atoms with Gasteiger partial charge in [0.2, 0.25) is 15.9 Å². The van der Waals surface area contributed by atoms with Crippen molar-refractivity contribution in [3.05, 3.63) is 24.3 Å².